The Hall–Kier alpha value is -1.04. The summed E-state index contributed by atoms with van der Waals surface area (Å²) in [6.07, 6.45) is 0. The maximum atomic E-state index is 13.6. The summed E-state index contributed by atoms with van der Waals surface area (Å²) in [7, 11) is -1.24. The van der Waals surface area contributed by atoms with Crippen molar-refractivity contribution >= 4 is 33.0 Å². The van der Waals surface area contributed by atoms with Crippen LogP contribution in [-0.2, 0) is 9.31 Å². The lowest BCUT2D eigenvalue weighted by atomic mass is 9.82. The molecular weight excluding hydrogens is 296 g/mol. The van der Waals surface area contributed by atoms with Crippen LogP contribution < -0.4 is 5.59 Å². The highest BCUT2D eigenvalue weighted by molar-refractivity contribution is 7.14. The van der Waals surface area contributed by atoms with Crippen LogP contribution in [-0.4, -0.2) is 29.2 Å². The van der Waals surface area contributed by atoms with E-state index in [0.29, 0.717) is 16.5 Å². The van der Waals surface area contributed by atoms with Crippen LogP contribution >= 0.6 is 9.34 Å². The largest absolute Gasteiger partial charge is 0.517 e. The van der Waals surface area contributed by atoms with Gasteiger partial charge in [0.15, 0.2) is 11.6 Å². The van der Waals surface area contributed by atoms with Crippen LogP contribution in [0.5, 0.6) is 0 Å². The first kappa shape index (κ1) is 13.6. The number of fused-ring (bicyclic) bond motifs is 1. The van der Waals surface area contributed by atoms with Crippen LogP contribution in [0, 0.1) is 11.6 Å². The fourth-order valence-electron chi connectivity index (χ4n) is 2.26. The summed E-state index contributed by atoms with van der Waals surface area (Å²) in [5.41, 5.74) is -0.394. The molecule has 0 amide bonds. The van der Waals surface area contributed by atoms with Crippen LogP contribution in [0.2, 0.25) is 0 Å². The smallest absolute Gasteiger partial charge is 0.398 e. The molecule has 1 fully saturated rings. The molecule has 0 N–H and O–H groups in total. The van der Waals surface area contributed by atoms with Gasteiger partial charge in [-0.15, -0.1) is 0 Å². The molecule has 0 spiro atoms. The molecule has 21 heavy (non-hydrogen) atoms. The Kier molecular flexibility index (Phi) is 2.90. The van der Waals surface area contributed by atoms with Gasteiger partial charge in [0.25, 0.3) is 0 Å². The molecule has 3 rings (SSSR count). The molecule has 0 saturated carbocycles. The number of hydrogen-bond acceptors (Lipinski definition) is 3. The SMILES string of the molecule is [3H]Pn1nc(B2OC(C)(C)C(C)(C)O2)c2cc(F)c(F)cc21. The number of aromatic nitrogens is 2. The third kappa shape index (κ3) is 2.19. The lowest BCUT2D eigenvalue weighted by molar-refractivity contribution is 0.00578. The standard InChI is InChI=1S/C13H16BF2N2O2P/c1-12(2)13(3,4)20-14(19-12)11-7-5-8(15)9(16)6-10(7)18(21)17-11/h5-6H,21H2,1-4H3/i21T. The van der Waals surface area contributed by atoms with E-state index in [-0.39, 0.29) is 0 Å². The van der Waals surface area contributed by atoms with Gasteiger partial charge in [-0.1, -0.05) is 0 Å². The van der Waals surface area contributed by atoms with Crippen LogP contribution in [0.15, 0.2) is 12.1 Å². The Morgan fingerprint density at radius 3 is 2.33 bits per heavy atom. The van der Waals surface area contributed by atoms with Crippen molar-refractivity contribution in [3.05, 3.63) is 23.8 Å². The fourth-order valence-corrected chi connectivity index (χ4v) is 2.55. The first-order chi connectivity index (χ1) is 10.2. The van der Waals surface area contributed by atoms with Crippen molar-refractivity contribution in [2.45, 2.75) is 38.9 Å². The van der Waals surface area contributed by atoms with Gasteiger partial charge in [-0.3, -0.25) is 4.45 Å². The molecule has 1 aromatic carbocycles. The number of benzene rings is 1. The zero-order chi connectivity index (χ0) is 16.3. The Balaban J connectivity index is 2.14. The van der Waals surface area contributed by atoms with Crippen LogP contribution in [0.3, 0.4) is 0 Å². The number of nitrogens with zero attached hydrogens (tertiary/aromatic N) is 2. The predicted molar refractivity (Wildman–Crippen MR) is 80.5 cm³/mol. The third-order valence-corrected chi connectivity index (χ3v) is 4.57. The van der Waals surface area contributed by atoms with Crippen LogP contribution in [0.1, 0.15) is 27.7 Å². The van der Waals surface area contributed by atoms with Crippen molar-refractivity contribution in [2.24, 2.45) is 0 Å². The molecule has 2 heterocycles. The highest BCUT2D eigenvalue weighted by Crippen LogP contribution is 2.37. The topological polar surface area (TPSA) is 36.3 Å². The molecule has 112 valence electrons. The predicted octanol–water partition coefficient (Wildman–Crippen LogP) is 2.25. The third-order valence-electron chi connectivity index (χ3n) is 4.23. The summed E-state index contributed by atoms with van der Waals surface area (Å²) < 4.78 is 47.7. The van der Waals surface area contributed by atoms with Gasteiger partial charge >= 0.3 is 7.12 Å². The van der Waals surface area contributed by atoms with Gasteiger partial charge in [0.05, 0.1) is 18.0 Å². The molecule has 1 aromatic heterocycles. The van der Waals surface area contributed by atoms with Crippen molar-refractivity contribution in [3.8, 4) is 0 Å². The van der Waals surface area contributed by atoms with E-state index in [2.05, 4.69) is 5.10 Å². The zero-order valence-electron chi connectivity index (χ0n) is 13.2. The van der Waals surface area contributed by atoms with E-state index in [1.165, 1.54) is 4.45 Å². The van der Waals surface area contributed by atoms with Gasteiger partial charge in [-0.05, 0) is 43.1 Å². The normalized spacial score (nSPS) is 21.6. The van der Waals surface area contributed by atoms with Gasteiger partial charge < -0.3 is 9.31 Å². The second kappa shape index (κ2) is 4.48. The monoisotopic (exact) mass is 314 g/mol. The van der Waals surface area contributed by atoms with E-state index in [0.717, 1.165) is 12.1 Å². The molecule has 8 heteroatoms. The molecule has 2 aromatic rings. The molecule has 1 saturated heterocycles. The van der Waals surface area contributed by atoms with Crippen molar-refractivity contribution in [1.82, 2.24) is 9.55 Å². The maximum Gasteiger partial charge on any atom is 0.517 e. The Bertz CT molecular complexity index is 737. The Morgan fingerprint density at radius 2 is 1.76 bits per heavy atom. The Labute approximate surface area is 125 Å². The molecule has 1 aliphatic rings. The number of hydrogen-bond donors (Lipinski definition) is 0. The average molecular weight is 314 g/mol. The van der Waals surface area contributed by atoms with E-state index in [1.54, 1.807) is 0 Å². The second-order valence-electron chi connectivity index (χ2n) is 6.17. The van der Waals surface area contributed by atoms with Crippen molar-refractivity contribution in [1.29, 1.82) is 1.28 Å². The lowest BCUT2D eigenvalue weighted by Gasteiger charge is -2.32. The van der Waals surface area contributed by atoms with E-state index in [9.17, 15) is 8.78 Å². The molecular formula is C13H16BF2N2O2P. The highest BCUT2D eigenvalue weighted by atomic mass is 31.0. The molecule has 1 atom stereocenters. The lowest BCUT2D eigenvalue weighted by Crippen LogP contribution is -2.41. The van der Waals surface area contributed by atoms with Gasteiger partial charge in [0.2, 0.25) is 0 Å². The minimum atomic E-state index is -0.965. The van der Waals surface area contributed by atoms with E-state index >= 15 is 0 Å². The van der Waals surface area contributed by atoms with Gasteiger partial charge in [0, 0.05) is 11.5 Å². The molecule has 1 unspecified atom stereocenters. The quantitative estimate of drug-likeness (QED) is 0.630. The first-order valence-corrected chi connectivity index (χ1v) is 7.02. The molecule has 0 radical (unpaired) electrons. The summed E-state index contributed by atoms with van der Waals surface area (Å²) >= 11 is 0. The highest BCUT2D eigenvalue weighted by Gasteiger charge is 2.53. The minimum absolute atomic E-state index is 0.358. The summed E-state index contributed by atoms with van der Waals surface area (Å²) in [6, 6.07) is 2.13. The Morgan fingerprint density at radius 1 is 1.19 bits per heavy atom. The van der Waals surface area contributed by atoms with E-state index in [4.69, 9.17) is 10.6 Å². The summed E-state index contributed by atoms with van der Waals surface area (Å²) in [5, 5.41) is 4.66. The summed E-state index contributed by atoms with van der Waals surface area (Å²) in [4.78, 5) is 0. The van der Waals surface area contributed by atoms with Crippen LogP contribution in [0.4, 0.5) is 8.78 Å². The number of rotatable bonds is 2. The van der Waals surface area contributed by atoms with Crippen LogP contribution in [0.25, 0.3) is 10.9 Å². The fraction of sp³-hybridized carbons (Fsp3) is 0.462. The van der Waals surface area contributed by atoms with E-state index in [1.807, 2.05) is 27.7 Å². The molecule has 0 bridgehead atoms. The summed E-state index contributed by atoms with van der Waals surface area (Å²) in [6.45, 7) is 7.61. The molecule has 4 nitrogen and oxygen atoms in total. The molecule has 1 aliphatic heterocycles. The average Bonchev–Trinajstić information content (AvgIpc) is 2.85. The minimum Gasteiger partial charge on any atom is -0.398 e. The zero-order valence-corrected chi connectivity index (χ0v) is 13.2. The van der Waals surface area contributed by atoms with Gasteiger partial charge in [0.1, 0.15) is 5.59 Å². The maximum absolute atomic E-state index is 13.6. The first-order valence-electron chi connectivity index (χ1n) is 7.07. The molecule has 0 aliphatic carbocycles. The second-order valence-corrected chi connectivity index (χ2v) is 6.59. The van der Waals surface area contributed by atoms with Crippen molar-refractivity contribution in [2.75, 3.05) is 0 Å². The van der Waals surface area contributed by atoms with Gasteiger partial charge in [-0.2, -0.15) is 5.10 Å². The van der Waals surface area contributed by atoms with Crippen molar-refractivity contribution in [3.63, 3.8) is 0 Å². The number of halogens is 2. The van der Waals surface area contributed by atoms with Crippen molar-refractivity contribution < 1.29 is 18.1 Å². The van der Waals surface area contributed by atoms with Gasteiger partial charge in [-0.25, -0.2) is 8.78 Å². The van der Waals surface area contributed by atoms with E-state index < -0.39 is 39.3 Å². The summed E-state index contributed by atoms with van der Waals surface area (Å²) in [5.74, 6) is -1.93.